The number of nitrogens with one attached hydrogen (secondary N) is 2. The zero-order valence-corrected chi connectivity index (χ0v) is 16.6. The third kappa shape index (κ3) is 4.59. The van der Waals surface area contributed by atoms with E-state index in [9.17, 15) is 19.7 Å². The van der Waals surface area contributed by atoms with Gasteiger partial charge in [-0.3, -0.25) is 14.9 Å². The molecule has 0 radical (unpaired) electrons. The number of alkyl carbamates (subject to hydrolysis) is 1. The van der Waals surface area contributed by atoms with Gasteiger partial charge in [-0.1, -0.05) is 30.3 Å². The van der Waals surface area contributed by atoms with Crippen molar-refractivity contribution in [1.29, 1.82) is 0 Å². The highest BCUT2D eigenvalue weighted by Crippen LogP contribution is 2.36. The molecule has 2 amide bonds. The Kier molecular flexibility index (Phi) is 6.35. The van der Waals surface area contributed by atoms with Crippen LogP contribution >= 0.6 is 0 Å². The number of benzene rings is 2. The Morgan fingerprint density at radius 2 is 1.93 bits per heavy atom. The molecule has 0 atom stereocenters. The Morgan fingerprint density at radius 3 is 2.53 bits per heavy atom. The highest BCUT2D eigenvalue weighted by molar-refractivity contribution is 5.97. The van der Waals surface area contributed by atoms with Crippen LogP contribution in [-0.4, -0.2) is 55.1 Å². The minimum Gasteiger partial charge on any atom is -0.494 e. The monoisotopic (exact) mass is 414 g/mol. The van der Waals surface area contributed by atoms with E-state index in [1.807, 2.05) is 30.3 Å². The number of nitrogens with zero attached hydrogens (tertiary/aromatic N) is 2. The minimum atomic E-state index is -0.575. The van der Waals surface area contributed by atoms with Crippen molar-refractivity contribution in [3.63, 3.8) is 0 Å². The van der Waals surface area contributed by atoms with E-state index in [-0.39, 0.29) is 54.3 Å². The van der Waals surface area contributed by atoms with Crippen LogP contribution in [0.3, 0.4) is 0 Å². The lowest BCUT2D eigenvalue weighted by Crippen LogP contribution is -2.61. The number of anilines is 1. The van der Waals surface area contributed by atoms with Gasteiger partial charge in [0.2, 0.25) is 0 Å². The number of amides is 2. The summed E-state index contributed by atoms with van der Waals surface area (Å²) in [7, 11) is 2.91. The molecule has 1 saturated heterocycles. The molecule has 1 aliphatic rings. The van der Waals surface area contributed by atoms with Crippen molar-refractivity contribution in [2.75, 3.05) is 32.6 Å². The van der Waals surface area contributed by atoms with Crippen LogP contribution in [0.1, 0.15) is 15.9 Å². The topological polar surface area (TPSA) is 123 Å². The summed E-state index contributed by atoms with van der Waals surface area (Å²) in [6, 6.07) is 11.7. The van der Waals surface area contributed by atoms with E-state index in [0.717, 1.165) is 5.56 Å². The number of nitro groups is 1. The van der Waals surface area contributed by atoms with E-state index < -0.39 is 11.0 Å². The molecule has 0 spiro atoms. The van der Waals surface area contributed by atoms with Gasteiger partial charge in [0.05, 0.1) is 23.6 Å². The predicted molar refractivity (Wildman–Crippen MR) is 109 cm³/mol. The number of rotatable bonds is 7. The smallest absolute Gasteiger partial charge is 0.407 e. The first-order valence-electron chi connectivity index (χ1n) is 9.23. The molecule has 3 rings (SSSR count). The van der Waals surface area contributed by atoms with Gasteiger partial charge in [-0.05, 0) is 11.6 Å². The fraction of sp³-hybridized carbons (Fsp3) is 0.300. The van der Waals surface area contributed by atoms with Crippen LogP contribution in [0.4, 0.5) is 16.2 Å². The second-order valence-electron chi connectivity index (χ2n) is 6.69. The number of ether oxygens (including phenoxy) is 2. The molecule has 0 bridgehead atoms. The van der Waals surface area contributed by atoms with Crippen molar-refractivity contribution in [2.24, 2.45) is 0 Å². The summed E-state index contributed by atoms with van der Waals surface area (Å²) in [4.78, 5) is 36.8. The molecule has 158 valence electrons. The molecule has 0 aromatic heterocycles. The van der Waals surface area contributed by atoms with Crippen molar-refractivity contribution < 1.29 is 24.0 Å². The zero-order valence-electron chi connectivity index (χ0n) is 16.6. The van der Waals surface area contributed by atoms with Gasteiger partial charge in [0.1, 0.15) is 12.4 Å². The quantitative estimate of drug-likeness (QED) is 0.527. The summed E-state index contributed by atoms with van der Waals surface area (Å²) in [5, 5.41) is 16.8. The third-order valence-corrected chi connectivity index (χ3v) is 4.70. The first-order valence-corrected chi connectivity index (χ1v) is 9.23. The normalized spacial score (nSPS) is 13.2. The van der Waals surface area contributed by atoms with Gasteiger partial charge in [-0.15, -0.1) is 0 Å². The molecule has 1 fully saturated rings. The maximum Gasteiger partial charge on any atom is 0.407 e. The van der Waals surface area contributed by atoms with Crippen LogP contribution in [0.2, 0.25) is 0 Å². The van der Waals surface area contributed by atoms with Gasteiger partial charge in [0.25, 0.3) is 11.6 Å². The summed E-state index contributed by atoms with van der Waals surface area (Å²) in [6.07, 6.45) is -0.563. The van der Waals surface area contributed by atoms with E-state index in [4.69, 9.17) is 9.47 Å². The molecule has 30 heavy (non-hydrogen) atoms. The number of methoxy groups -OCH3 is 1. The molecular weight excluding hydrogens is 392 g/mol. The Bertz CT molecular complexity index is 944. The van der Waals surface area contributed by atoms with Crippen molar-refractivity contribution >= 4 is 23.4 Å². The lowest BCUT2D eigenvalue weighted by molar-refractivity contribution is -0.384. The first-order chi connectivity index (χ1) is 14.4. The molecule has 1 aliphatic heterocycles. The van der Waals surface area contributed by atoms with Crippen LogP contribution in [0.15, 0.2) is 42.5 Å². The van der Waals surface area contributed by atoms with Gasteiger partial charge in [0.15, 0.2) is 5.69 Å². The third-order valence-electron chi connectivity index (χ3n) is 4.70. The summed E-state index contributed by atoms with van der Waals surface area (Å²) in [5.41, 5.74) is 0.963. The van der Waals surface area contributed by atoms with Crippen LogP contribution in [0.5, 0.6) is 5.75 Å². The van der Waals surface area contributed by atoms with Crippen LogP contribution in [0.25, 0.3) is 0 Å². The van der Waals surface area contributed by atoms with Crippen molar-refractivity contribution in [1.82, 2.24) is 10.2 Å². The van der Waals surface area contributed by atoms with E-state index >= 15 is 0 Å². The summed E-state index contributed by atoms with van der Waals surface area (Å²) >= 11 is 0. The standard InChI is InChI=1S/C20H22N4O6/c1-21-18-16(24(27)28)8-14(9-17(18)29-2)19(25)23-10-15(11-23)22-20(26)30-12-13-6-4-3-5-7-13/h3-9,15,21H,10-12H2,1-2H3,(H,22,26). The maximum atomic E-state index is 12.7. The van der Waals surface area contributed by atoms with Crippen molar-refractivity contribution in [2.45, 2.75) is 12.6 Å². The number of nitro benzene ring substituents is 1. The van der Waals surface area contributed by atoms with E-state index in [2.05, 4.69) is 10.6 Å². The number of carbonyl (C=O) groups excluding carboxylic acids is 2. The number of likely N-dealkylation sites (tertiary alicyclic amines) is 1. The Morgan fingerprint density at radius 1 is 1.23 bits per heavy atom. The SMILES string of the molecule is CNc1c(OC)cc(C(=O)N2CC(NC(=O)OCc3ccccc3)C2)cc1[N+](=O)[O-]. The second-order valence-corrected chi connectivity index (χ2v) is 6.69. The zero-order chi connectivity index (χ0) is 21.7. The Hall–Kier alpha value is -3.82. The highest BCUT2D eigenvalue weighted by Gasteiger charge is 2.34. The molecule has 0 aliphatic carbocycles. The number of hydrogen-bond acceptors (Lipinski definition) is 7. The average Bonchev–Trinajstić information content (AvgIpc) is 2.73. The summed E-state index contributed by atoms with van der Waals surface area (Å²) < 4.78 is 10.3. The minimum absolute atomic E-state index is 0.141. The first kappa shape index (κ1) is 20.9. The lowest BCUT2D eigenvalue weighted by atomic mass is 10.1. The molecule has 10 nitrogen and oxygen atoms in total. The summed E-state index contributed by atoms with van der Waals surface area (Å²) in [6.45, 7) is 0.718. The van der Waals surface area contributed by atoms with Crippen LogP contribution in [-0.2, 0) is 11.3 Å². The molecule has 2 aromatic carbocycles. The van der Waals surface area contributed by atoms with Gasteiger partial charge in [-0.2, -0.15) is 0 Å². The molecule has 1 heterocycles. The van der Waals surface area contributed by atoms with Gasteiger partial charge in [0, 0.05) is 26.2 Å². The molecule has 0 saturated carbocycles. The molecule has 10 heteroatoms. The number of hydrogen-bond donors (Lipinski definition) is 2. The van der Waals surface area contributed by atoms with Crippen LogP contribution in [0, 0.1) is 10.1 Å². The van der Waals surface area contributed by atoms with Crippen LogP contribution < -0.4 is 15.4 Å². The van der Waals surface area contributed by atoms with E-state index in [0.29, 0.717) is 0 Å². The van der Waals surface area contributed by atoms with E-state index in [1.54, 1.807) is 0 Å². The molecule has 2 N–H and O–H groups in total. The second kappa shape index (κ2) is 9.12. The maximum absolute atomic E-state index is 12.7. The Labute approximate surface area is 172 Å². The lowest BCUT2D eigenvalue weighted by Gasteiger charge is -2.39. The van der Waals surface area contributed by atoms with Gasteiger partial charge < -0.3 is 25.0 Å². The predicted octanol–water partition coefficient (Wildman–Crippen LogP) is 2.40. The van der Waals surface area contributed by atoms with Gasteiger partial charge in [-0.25, -0.2) is 4.79 Å². The van der Waals surface area contributed by atoms with Crippen molar-refractivity contribution in [3.8, 4) is 5.75 Å². The molecule has 2 aromatic rings. The largest absolute Gasteiger partial charge is 0.494 e. The molecule has 0 unspecified atom stereocenters. The molecular formula is C20H22N4O6. The number of carbonyl (C=O) groups is 2. The Balaban J connectivity index is 1.56. The fourth-order valence-electron chi connectivity index (χ4n) is 3.13. The average molecular weight is 414 g/mol. The van der Waals surface area contributed by atoms with Crippen molar-refractivity contribution in [3.05, 3.63) is 63.7 Å². The fourth-order valence-corrected chi connectivity index (χ4v) is 3.13. The highest BCUT2D eigenvalue weighted by atomic mass is 16.6. The van der Waals surface area contributed by atoms with Gasteiger partial charge >= 0.3 is 6.09 Å². The van der Waals surface area contributed by atoms with E-state index in [1.165, 1.54) is 31.2 Å². The summed E-state index contributed by atoms with van der Waals surface area (Å²) in [5.74, 6) is -0.176.